The highest BCUT2D eigenvalue weighted by atomic mass is 19.4. The molecule has 0 bridgehead atoms. The lowest BCUT2D eigenvalue weighted by atomic mass is 10.1. The summed E-state index contributed by atoms with van der Waals surface area (Å²) in [6.45, 7) is 1.89. The number of aromatic nitrogens is 4. The molecule has 34 heavy (non-hydrogen) atoms. The van der Waals surface area contributed by atoms with Crippen LogP contribution < -0.4 is 11.2 Å². The molecule has 0 spiro atoms. The number of fused-ring (bicyclic) bond motifs is 1. The third kappa shape index (κ3) is 3.74. The summed E-state index contributed by atoms with van der Waals surface area (Å²) in [6.07, 6.45) is 0.282. The third-order valence-corrected chi connectivity index (χ3v) is 6.50. The van der Waals surface area contributed by atoms with Gasteiger partial charge in [0.1, 0.15) is 0 Å². The normalized spacial score (nSPS) is 14.8. The number of rotatable bonds is 4. The minimum Gasteiger partial charge on any atom is -0.320 e. The Labute approximate surface area is 192 Å². The fourth-order valence-corrected chi connectivity index (χ4v) is 4.83. The maximum atomic E-state index is 13.6. The average Bonchev–Trinajstić information content (AvgIpc) is 3.46. The van der Waals surface area contributed by atoms with Crippen LogP contribution >= 0.6 is 0 Å². The van der Waals surface area contributed by atoms with Crippen molar-refractivity contribution in [2.45, 2.75) is 51.4 Å². The molecule has 1 aliphatic carbocycles. The fourth-order valence-electron chi connectivity index (χ4n) is 4.83. The number of hydrogen-bond donors (Lipinski definition) is 0. The smallest absolute Gasteiger partial charge is 0.320 e. The van der Waals surface area contributed by atoms with Gasteiger partial charge in [-0.25, -0.2) is 14.3 Å². The van der Waals surface area contributed by atoms with Gasteiger partial charge in [0.15, 0.2) is 11.2 Å². The van der Waals surface area contributed by atoms with Crippen molar-refractivity contribution in [3.05, 3.63) is 92.4 Å². The van der Waals surface area contributed by atoms with E-state index in [1.54, 1.807) is 12.1 Å². The van der Waals surface area contributed by atoms with Crippen LogP contribution in [0.5, 0.6) is 0 Å². The number of halogens is 3. The molecule has 2 aromatic carbocycles. The minimum atomic E-state index is -4.46. The lowest BCUT2D eigenvalue weighted by Crippen LogP contribution is -2.42. The molecule has 5 rings (SSSR count). The summed E-state index contributed by atoms with van der Waals surface area (Å²) in [5.41, 5.74) is 0.592. The van der Waals surface area contributed by atoms with Crippen molar-refractivity contribution in [3.8, 4) is 5.69 Å². The quantitative estimate of drug-likeness (QED) is 0.431. The van der Waals surface area contributed by atoms with Crippen molar-refractivity contribution in [1.82, 2.24) is 18.7 Å². The third-order valence-electron chi connectivity index (χ3n) is 6.50. The van der Waals surface area contributed by atoms with E-state index in [0.717, 1.165) is 43.4 Å². The standard InChI is InChI=1S/C25H23F3N4O2/c1-16-7-2-5-12-20(16)32-22-21(23(33)31(24(32)34)19-10-3-4-11-19)30(15-29-22)14-17-8-6-9-18(13-17)25(26,27)28/h2,5-9,12-13,15,19H,3-4,10-11,14H2,1H3. The predicted molar refractivity (Wildman–Crippen MR) is 122 cm³/mol. The maximum absolute atomic E-state index is 13.6. The van der Waals surface area contributed by atoms with E-state index in [1.165, 1.54) is 26.1 Å². The molecule has 1 saturated carbocycles. The molecule has 9 heteroatoms. The Hall–Kier alpha value is -3.62. The molecule has 0 atom stereocenters. The van der Waals surface area contributed by atoms with Crippen molar-refractivity contribution in [3.63, 3.8) is 0 Å². The van der Waals surface area contributed by atoms with Crippen molar-refractivity contribution in [1.29, 1.82) is 0 Å². The molecule has 2 heterocycles. The number of aryl methyl sites for hydroxylation is 1. The second-order valence-corrected chi connectivity index (χ2v) is 8.76. The van der Waals surface area contributed by atoms with E-state index in [4.69, 9.17) is 0 Å². The van der Waals surface area contributed by atoms with Gasteiger partial charge in [0.25, 0.3) is 5.56 Å². The van der Waals surface area contributed by atoms with E-state index in [2.05, 4.69) is 4.98 Å². The highest BCUT2D eigenvalue weighted by Crippen LogP contribution is 2.30. The lowest BCUT2D eigenvalue weighted by molar-refractivity contribution is -0.137. The zero-order valence-electron chi connectivity index (χ0n) is 18.5. The van der Waals surface area contributed by atoms with Gasteiger partial charge in [-0.15, -0.1) is 0 Å². The molecular formula is C25H23F3N4O2. The topological polar surface area (TPSA) is 61.8 Å². The van der Waals surface area contributed by atoms with Crippen LogP contribution in [0, 0.1) is 6.92 Å². The first kappa shape index (κ1) is 22.2. The van der Waals surface area contributed by atoms with E-state index >= 15 is 0 Å². The number of hydrogen-bond acceptors (Lipinski definition) is 3. The summed E-state index contributed by atoms with van der Waals surface area (Å²) in [7, 11) is 0. The summed E-state index contributed by atoms with van der Waals surface area (Å²) >= 11 is 0. The number of benzene rings is 2. The second kappa shape index (κ2) is 8.30. The Morgan fingerprint density at radius 2 is 1.76 bits per heavy atom. The SMILES string of the molecule is Cc1ccccc1-n1c(=O)n(C2CCCC2)c(=O)c2c1ncn2Cc1cccc(C(F)(F)F)c1. The highest BCUT2D eigenvalue weighted by Gasteiger charge is 2.31. The number of imidazole rings is 1. The van der Waals surface area contributed by atoms with Gasteiger partial charge < -0.3 is 4.57 Å². The summed E-state index contributed by atoms with van der Waals surface area (Å²) in [5, 5.41) is 0. The van der Waals surface area contributed by atoms with Crippen LogP contribution in [0.2, 0.25) is 0 Å². The van der Waals surface area contributed by atoms with E-state index in [0.29, 0.717) is 11.3 Å². The molecule has 1 aliphatic rings. The lowest BCUT2D eigenvalue weighted by Gasteiger charge is -2.18. The molecule has 1 fully saturated rings. The van der Waals surface area contributed by atoms with Crippen LogP contribution in [-0.4, -0.2) is 18.7 Å². The van der Waals surface area contributed by atoms with Crippen molar-refractivity contribution in [2.75, 3.05) is 0 Å². The Morgan fingerprint density at radius 3 is 2.47 bits per heavy atom. The van der Waals surface area contributed by atoms with E-state index in [1.807, 2.05) is 25.1 Å². The fraction of sp³-hybridized carbons (Fsp3) is 0.320. The molecule has 0 amide bonds. The first-order valence-electron chi connectivity index (χ1n) is 11.2. The Bertz CT molecular complexity index is 1490. The van der Waals surface area contributed by atoms with Gasteiger partial charge in [0.05, 0.1) is 17.6 Å². The first-order valence-corrected chi connectivity index (χ1v) is 11.2. The Morgan fingerprint density at radius 1 is 1.03 bits per heavy atom. The van der Waals surface area contributed by atoms with Gasteiger partial charge in [-0.2, -0.15) is 13.2 Å². The largest absolute Gasteiger partial charge is 0.416 e. The summed E-state index contributed by atoms with van der Waals surface area (Å²) in [5.74, 6) is 0. The number of para-hydroxylation sites is 1. The van der Waals surface area contributed by atoms with Gasteiger partial charge in [-0.1, -0.05) is 43.2 Å². The van der Waals surface area contributed by atoms with Gasteiger partial charge >= 0.3 is 11.9 Å². The van der Waals surface area contributed by atoms with Gasteiger partial charge in [-0.3, -0.25) is 9.36 Å². The molecule has 6 nitrogen and oxygen atoms in total. The van der Waals surface area contributed by atoms with Crippen molar-refractivity contribution < 1.29 is 13.2 Å². The zero-order chi connectivity index (χ0) is 24.0. The molecule has 0 aliphatic heterocycles. The number of alkyl halides is 3. The van der Waals surface area contributed by atoms with Crippen LogP contribution in [0.4, 0.5) is 13.2 Å². The molecule has 0 radical (unpaired) electrons. The molecule has 2 aromatic heterocycles. The second-order valence-electron chi connectivity index (χ2n) is 8.76. The van der Waals surface area contributed by atoms with Gasteiger partial charge in [-0.05, 0) is 49.1 Å². The monoisotopic (exact) mass is 468 g/mol. The van der Waals surface area contributed by atoms with E-state index < -0.39 is 23.0 Å². The molecule has 0 unspecified atom stereocenters. The van der Waals surface area contributed by atoms with E-state index in [9.17, 15) is 22.8 Å². The van der Waals surface area contributed by atoms with Crippen LogP contribution in [-0.2, 0) is 12.7 Å². The molecule has 176 valence electrons. The molecule has 4 aromatic rings. The van der Waals surface area contributed by atoms with Crippen LogP contribution in [0.15, 0.2) is 64.4 Å². The summed E-state index contributed by atoms with van der Waals surface area (Å²) in [6, 6.07) is 12.1. The maximum Gasteiger partial charge on any atom is 0.416 e. The minimum absolute atomic E-state index is 0.0201. The molecular weight excluding hydrogens is 445 g/mol. The first-order chi connectivity index (χ1) is 16.3. The Balaban J connectivity index is 1.74. The summed E-state index contributed by atoms with van der Waals surface area (Å²) < 4.78 is 43.9. The van der Waals surface area contributed by atoms with Crippen LogP contribution in [0.1, 0.15) is 48.4 Å². The van der Waals surface area contributed by atoms with Crippen molar-refractivity contribution >= 4 is 11.2 Å². The van der Waals surface area contributed by atoms with E-state index in [-0.39, 0.29) is 23.8 Å². The van der Waals surface area contributed by atoms with Crippen LogP contribution in [0.25, 0.3) is 16.9 Å². The van der Waals surface area contributed by atoms with Gasteiger partial charge in [0.2, 0.25) is 0 Å². The molecule has 0 N–H and O–H groups in total. The molecule has 0 saturated heterocycles. The number of nitrogens with zero attached hydrogens (tertiary/aromatic N) is 4. The Kier molecular flexibility index (Phi) is 5.42. The predicted octanol–water partition coefficient (Wildman–Crippen LogP) is 4.84. The highest BCUT2D eigenvalue weighted by molar-refractivity contribution is 5.73. The average molecular weight is 468 g/mol. The summed E-state index contributed by atoms with van der Waals surface area (Å²) in [4.78, 5) is 31.6. The van der Waals surface area contributed by atoms with Gasteiger partial charge in [0, 0.05) is 12.6 Å². The van der Waals surface area contributed by atoms with Crippen molar-refractivity contribution in [2.24, 2.45) is 0 Å². The zero-order valence-corrected chi connectivity index (χ0v) is 18.5. The van der Waals surface area contributed by atoms with Crippen LogP contribution in [0.3, 0.4) is 0 Å².